The highest BCUT2D eigenvalue weighted by atomic mass is 31.2. The van der Waals surface area contributed by atoms with E-state index in [9.17, 15) is 9.36 Å². The summed E-state index contributed by atoms with van der Waals surface area (Å²) in [6.45, 7) is 4.23. The Morgan fingerprint density at radius 1 is 1.50 bits per heavy atom. The fraction of sp³-hybridized carbons (Fsp3) is 0.857. The van der Waals surface area contributed by atoms with E-state index in [1.54, 1.807) is 13.8 Å². The molecule has 0 amide bonds. The van der Waals surface area contributed by atoms with Crippen LogP contribution in [0.25, 0.3) is 0 Å². The molecule has 0 bridgehead atoms. The topological polar surface area (TPSA) is 82.1 Å². The molecule has 1 unspecified atom stereocenters. The average molecular weight is 226 g/mol. The molecule has 0 aromatic rings. The summed E-state index contributed by atoms with van der Waals surface area (Å²) in [4.78, 5) is 19.7. The molecule has 1 N–H and O–H groups in total. The Hall–Kier alpha value is -0.580. The molecule has 0 aromatic carbocycles. The van der Waals surface area contributed by atoms with E-state index in [0.717, 1.165) is 0 Å². The Morgan fingerprint density at radius 2 is 2.07 bits per heavy atom. The molecule has 7 heteroatoms. The van der Waals surface area contributed by atoms with Gasteiger partial charge in [-0.1, -0.05) is 6.92 Å². The number of carbonyl (C=O) groups excluding carboxylic acids is 1. The van der Waals surface area contributed by atoms with Gasteiger partial charge in [0, 0.05) is 6.16 Å². The summed E-state index contributed by atoms with van der Waals surface area (Å²) in [5.74, 6) is 0. The van der Waals surface area contributed by atoms with Crippen LogP contribution in [0.1, 0.15) is 20.8 Å². The fourth-order valence-corrected chi connectivity index (χ4v) is 0.875. The van der Waals surface area contributed by atoms with E-state index in [0.29, 0.717) is 0 Å². The van der Waals surface area contributed by atoms with Crippen LogP contribution in [0.2, 0.25) is 0 Å². The van der Waals surface area contributed by atoms with Crippen LogP contribution < -0.4 is 0 Å². The second kappa shape index (κ2) is 6.01. The van der Waals surface area contributed by atoms with Crippen molar-refractivity contribution < 1.29 is 28.3 Å². The van der Waals surface area contributed by atoms with Gasteiger partial charge in [0.2, 0.25) is 6.79 Å². The highest BCUT2D eigenvalue weighted by Crippen LogP contribution is 2.40. The van der Waals surface area contributed by atoms with Crippen LogP contribution in [0, 0.1) is 0 Å². The Morgan fingerprint density at radius 3 is 2.50 bits per heavy atom. The number of ether oxygens (including phenoxy) is 2. The molecule has 6 nitrogen and oxygen atoms in total. The molecule has 0 spiro atoms. The molecule has 0 saturated carbocycles. The SMILES string of the molecule is CCP(=O)(O)OCOC(=O)OC(C)C. The number of rotatable bonds is 5. The summed E-state index contributed by atoms with van der Waals surface area (Å²) in [6, 6.07) is 0. The zero-order valence-electron chi connectivity index (χ0n) is 8.43. The summed E-state index contributed by atoms with van der Waals surface area (Å²) in [6.07, 6.45) is -1.25. The maximum atomic E-state index is 10.9. The molecule has 0 aliphatic rings. The Kier molecular flexibility index (Phi) is 5.76. The Balaban J connectivity index is 3.64. The van der Waals surface area contributed by atoms with Crippen molar-refractivity contribution in [3.05, 3.63) is 0 Å². The van der Waals surface area contributed by atoms with Gasteiger partial charge in [-0.15, -0.1) is 0 Å². The molecule has 0 aromatic heterocycles. The first-order valence-corrected chi connectivity index (χ1v) is 5.93. The van der Waals surface area contributed by atoms with Gasteiger partial charge in [0.15, 0.2) is 0 Å². The van der Waals surface area contributed by atoms with Gasteiger partial charge in [-0.3, -0.25) is 9.09 Å². The molecule has 0 rings (SSSR count). The van der Waals surface area contributed by atoms with Crippen LogP contribution >= 0.6 is 7.60 Å². The highest BCUT2D eigenvalue weighted by Gasteiger charge is 2.17. The molecule has 0 heterocycles. The second-order valence-electron chi connectivity index (χ2n) is 2.76. The number of carbonyl (C=O) groups is 1. The predicted molar refractivity (Wildman–Crippen MR) is 49.0 cm³/mol. The van der Waals surface area contributed by atoms with Gasteiger partial charge < -0.3 is 14.4 Å². The van der Waals surface area contributed by atoms with Gasteiger partial charge in [0.1, 0.15) is 0 Å². The van der Waals surface area contributed by atoms with Crippen molar-refractivity contribution in [3.63, 3.8) is 0 Å². The number of hydrogen-bond donors (Lipinski definition) is 1. The lowest BCUT2D eigenvalue weighted by molar-refractivity contribution is -0.0107. The van der Waals surface area contributed by atoms with Crippen molar-refractivity contribution >= 4 is 13.8 Å². The third-order valence-electron chi connectivity index (χ3n) is 1.16. The third kappa shape index (κ3) is 6.88. The van der Waals surface area contributed by atoms with Crippen LogP contribution in [-0.4, -0.2) is 30.1 Å². The van der Waals surface area contributed by atoms with E-state index in [1.807, 2.05) is 0 Å². The Labute approximate surface area is 82.7 Å². The van der Waals surface area contributed by atoms with E-state index >= 15 is 0 Å². The van der Waals surface area contributed by atoms with E-state index in [4.69, 9.17) is 4.89 Å². The van der Waals surface area contributed by atoms with E-state index in [-0.39, 0.29) is 12.3 Å². The first kappa shape index (κ1) is 13.4. The molecule has 84 valence electrons. The predicted octanol–water partition coefficient (Wildman–Crippen LogP) is 1.73. The summed E-state index contributed by atoms with van der Waals surface area (Å²) in [5, 5.41) is 0. The van der Waals surface area contributed by atoms with Crippen molar-refractivity contribution in [3.8, 4) is 0 Å². The standard InChI is InChI=1S/C7H15O6P/c1-4-14(9,10)12-5-11-7(8)13-6(2)3/h6H,4-5H2,1-3H3,(H,9,10). The molecule has 1 atom stereocenters. The van der Waals surface area contributed by atoms with Crippen LogP contribution in [0.15, 0.2) is 0 Å². The molecule has 0 aliphatic carbocycles. The van der Waals surface area contributed by atoms with Crippen molar-refractivity contribution in [2.24, 2.45) is 0 Å². The lowest BCUT2D eigenvalue weighted by Gasteiger charge is -2.11. The molecule has 14 heavy (non-hydrogen) atoms. The molecular formula is C7H15O6P. The quantitative estimate of drug-likeness (QED) is 0.436. The molecule has 0 fully saturated rings. The van der Waals surface area contributed by atoms with Crippen molar-refractivity contribution in [2.75, 3.05) is 13.0 Å². The molecular weight excluding hydrogens is 211 g/mol. The van der Waals surface area contributed by atoms with Gasteiger partial charge in [-0.25, -0.2) is 4.79 Å². The van der Waals surface area contributed by atoms with Gasteiger partial charge >= 0.3 is 13.8 Å². The smallest absolute Gasteiger partial charge is 0.432 e. The van der Waals surface area contributed by atoms with Crippen LogP contribution in [0.3, 0.4) is 0 Å². The lowest BCUT2D eigenvalue weighted by atomic mass is 10.5. The minimum absolute atomic E-state index is 0.0322. The summed E-state index contributed by atoms with van der Waals surface area (Å²) >= 11 is 0. The summed E-state index contributed by atoms with van der Waals surface area (Å²) in [5.41, 5.74) is 0. The average Bonchev–Trinajstić information content (AvgIpc) is 2.02. The molecule has 0 saturated heterocycles. The molecule has 0 radical (unpaired) electrons. The summed E-state index contributed by atoms with van der Waals surface area (Å²) < 4.78 is 24.3. The van der Waals surface area contributed by atoms with Gasteiger partial charge in [-0.05, 0) is 13.8 Å². The van der Waals surface area contributed by atoms with Crippen molar-refractivity contribution in [1.82, 2.24) is 0 Å². The van der Waals surface area contributed by atoms with Crippen molar-refractivity contribution in [2.45, 2.75) is 26.9 Å². The van der Waals surface area contributed by atoms with Crippen LogP contribution in [0.4, 0.5) is 4.79 Å². The van der Waals surface area contributed by atoms with Crippen molar-refractivity contribution in [1.29, 1.82) is 0 Å². The fourth-order valence-electron chi connectivity index (χ4n) is 0.475. The van der Waals surface area contributed by atoms with E-state index in [1.165, 1.54) is 6.92 Å². The monoisotopic (exact) mass is 226 g/mol. The largest absolute Gasteiger partial charge is 0.510 e. The minimum Gasteiger partial charge on any atom is -0.432 e. The highest BCUT2D eigenvalue weighted by molar-refractivity contribution is 7.52. The zero-order valence-corrected chi connectivity index (χ0v) is 9.32. The van der Waals surface area contributed by atoms with Gasteiger partial charge in [0.05, 0.1) is 6.10 Å². The van der Waals surface area contributed by atoms with Crippen LogP contribution in [-0.2, 0) is 18.6 Å². The third-order valence-corrected chi connectivity index (χ3v) is 2.47. The van der Waals surface area contributed by atoms with E-state index < -0.39 is 20.5 Å². The normalized spacial score (nSPS) is 14.9. The second-order valence-corrected chi connectivity index (χ2v) is 4.93. The number of hydrogen-bond acceptors (Lipinski definition) is 5. The maximum Gasteiger partial charge on any atom is 0.510 e. The van der Waals surface area contributed by atoms with E-state index in [2.05, 4.69) is 14.0 Å². The van der Waals surface area contributed by atoms with Gasteiger partial charge in [0.25, 0.3) is 0 Å². The zero-order chi connectivity index (χ0) is 11.2. The Bertz CT molecular complexity index is 226. The minimum atomic E-state index is -3.60. The first-order chi connectivity index (χ1) is 6.37. The van der Waals surface area contributed by atoms with Gasteiger partial charge in [-0.2, -0.15) is 0 Å². The molecule has 0 aliphatic heterocycles. The first-order valence-electron chi connectivity index (χ1n) is 4.17. The maximum absolute atomic E-state index is 10.9. The summed E-state index contributed by atoms with van der Waals surface area (Å²) in [7, 11) is -3.60. The van der Waals surface area contributed by atoms with Crippen LogP contribution in [0.5, 0.6) is 0 Å². The lowest BCUT2D eigenvalue weighted by Crippen LogP contribution is -2.14.